The fraction of sp³-hybridized carbons (Fsp3) is 0.500. The van der Waals surface area contributed by atoms with E-state index in [1.165, 1.54) is 10.8 Å². The van der Waals surface area contributed by atoms with Gasteiger partial charge in [0.15, 0.2) is 0 Å². The van der Waals surface area contributed by atoms with Crippen molar-refractivity contribution in [1.82, 2.24) is 4.57 Å². The van der Waals surface area contributed by atoms with E-state index in [2.05, 4.69) is 15.9 Å². The van der Waals surface area contributed by atoms with Crippen LogP contribution in [0.15, 0.2) is 15.5 Å². The molecule has 1 aromatic rings. The second kappa shape index (κ2) is 7.40. The zero-order chi connectivity index (χ0) is 16.2. The van der Waals surface area contributed by atoms with E-state index in [1.807, 2.05) is 13.8 Å². The molecule has 0 aliphatic heterocycles. The fourth-order valence-corrected chi connectivity index (χ4v) is 2.34. The van der Waals surface area contributed by atoms with Gasteiger partial charge >= 0.3 is 11.9 Å². The predicted molar refractivity (Wildman–Crippen MR) is 80.7 cm³/mol. The largest absolute Gasteiger partial charge is 0.462 e. The Hall–Kier alpha value is -1.63. The molecule has 1 heterocycles. The molecule has 0 aliphatic rings. The van der Waals surface area contributed by atoms with Crippen molar-refractivity contribution in [2.45, 2.75) is 33.7 Å². The lowest BCUT2D eigenvalue weighted by atomic mass is 10.2. The van der Waals surface area contributed by atoms with Crippen molar-refractivity contribution in [3.63, 3.8) is 0 Å². The Bertz CT molecular complexity index is 606. The van der Waals surface area contributed by atoms with E-state index in [1.54, 1.807) is 13.8 Å². The van der Waals surface area contributed by atoms with Gasteiger partial charge in [0.1, 0.15) is 11.3 Å². The Kier molecular flexibility index (Phi) is 6.14. The number of esters is 2. The quantitative estimate of drug-likeness (QED) is 0.755. The number of hydrogen-bond acceptors (Lipinski definition) is 5. The van der Waals surface area contributed by atoms with Crippen molar-refractivity contribution >= 4 is 27.9 Å². The molecular weight excluding hydrogens is 342 g/mol. The van der Waals surface area contributed by atoms with Gasteiger partial charge in [-0.2, -0.15) is 0 Å². The monoisotopic (exact) mass is 359 g/mol. The topological polar surface area (TPSA) is 74.6 Å². The number of halogens is 1. The Morgan fingerprint density at radius 3 is 2.19 bits per heavy atom. The molecule has 0 atom stereocenters. The average Bonchev–Trinajstić information content (AvgIpc) is 2.41. The smallest absolute Gasteiger partial charge is 0.356 e. The van der Waals surface area contributed by atoms with Gasteiger partial charge in [-0.25, -0.2) is 9.59 Å². The first-order chi connectivity index (χ1) is 9.84. The van der Waals surface area contributed by atoms with Crippen LogP contribution in [-0.2, 0) is 9.47 Å². The van der Waals surface area contributed by atoms with Gasteiger partial charge in [-0.05, 0) is 43.6 Å². The van der Waals surface area contributed by atoms with Crippen LogP contribution >= 0.6 is 15.9 Å². The Labute approximate surface area is 131 Å². The third-order valence-corrected chi connectivity index (χ3v) is 3.43. The third kappa shape index (κ3) is 3.72. The van der Waals surface area contributed by atoms with Gasteiger partial charge in [-0.15, -0.1) is 0 Å². The molecule has 0 radical (unpaired) electrons. The first kappa shape index (κ1) is 17.4. The van der Waals surface area contributed by atoms with Crippen LogP contribution in [0.25, 0.3) is 0 Å². The first-order valence-electron chi connectivity index (χ1n) is 6.63. The molecule has 0 N–H and O–H groups in total. The molecule has 1 rings (SSSR count). The van der Waals surface area contributed by atoms with E-state index in [-0.39, 0.29) is 35.0 Å². The summed E-state index contributed by atoms with van der Waals surface area (Å²) in [4.78, 5) is 36.1. The lowest BCUT2D eigenvalue weighted by Gasteiger charge is -2.18. The SMILES string of the molecule is CCOC(=O)c1cn(C(C)C)c(C(=O)OCC)c(Br)c1=O. The van der Waals surface area contributed by atoms with Crippen molar-refractivity contribution in [1.29, 1.82) is 0 Å². The standard InChI is InChI=1S/C14H18BrNO5/c1-5-20-13(18)9-7-16(8(3)4)11(10(15)12(9)17)14(19)21-6-2/h7-8H,5-6H2,1-4H3. The summed E-state index contributed by atoms with van der Waals surface area (Å²) in [7, 11) is 0. The Morgan fingerprint density at radius 2 is 1.71 bits per heavy atom. The lowest BCUT2D eigenvalue weighted by molar-refractivity contribution is 0.0495. The number of rotatable bonds is 5. The molecule has 6 nitrogen and oxygen atoms in total. The van der Waals surface area contributed by atoms with E-state index >= 15 is 0 Å². The van der Waals surface area contributed by atoms with Gasteiger partial charge in [0.25, 0.3) is 0 Å². The van der Waals surface area contributed by atoms with Crippen LogP contribution in [0.5, 0.6) is 0 Å². The highest BCUT2D eigenvalue weighted by atomic mass is 79.9. The summed E-state index contributed by atoms with van der Waals surface area (Å²) in [5.41, 5.74) is -0.622. The molecule has 0 aliphatic carbocycles. The van der Waals surface area contributed by atoms with E-state index in [4.69, 9.17) is 9.47 Å². The Morgan fingerprint density at radius 1 is 1.19 bits per heavy atom. The van der Waals surface area contributed by atoms with Crippen LogP contribution in [0.4, 0.5) is 0 Å². The summed E-state index contributed by atoms with van der Waals surface area (Å²) in [6.45, 7) is 7.34. The second-order valence-corrected chi connectivity index (χ2v) is 5.27. The van der Waals surface area contributed by atoms with Crippen LogP contribution in [0, 0.1) is 0 Å². The molecule has 0 unspecified atom stereocenters. The number of hydrogen-bond donors (Lipinski definition) is 0. The minimum absolute atomic E-state index is 0.000188. The molecule has 21 heavy (non-hydrogen) atoms. The maximum atomic E-state index is 12.2. The van der Waals surface area contributed by atoms with E-state index < -0.39 is 17.4 Å². The minimum atomic E-state index is -0.715. The molecule has 0 aromatic carbocycles. The average molecular weight is 360 g/mol. The predicted octanol–water partition coefficient (Wildman–Crippen LogP) is 2.55. The number of aromatic nitrogens is 1. The zero-order valence-corrected chi connectivity index (χ0v) is 14.0. The van der Waals surface area contributed by atoms with Crippen molar-refractivity contribution in [3.05, 3.63) is 32.2 Å². The van der Waals surface area contributed by atoms with Gasteiger partial charge in [0, 0.05) is 12.2 Å². The van der Waals surface area contributed by atoms with Gasteiger partial charge in [0.2, 0.25) is 5.43 Å². The number of pyridine rings is 1. The summed E-state index contributed by atoms with van der Waals surface area (Å²) in [5, 5.41) is 0. The fourth-order valence-electron chi connectivity index (χ4n) is 1.76. The Balaban J connectivity index is 3.54. The minimum Gasteiger partial charge on any atom is -0.462 e. The maximum absolute atomic E-state index is 12.2. The van der Waals surface area contributed by atoms with E-state index in [0.29, 0.717) is 0 Å². The highest BCUT2D eigenvalue weighted by Crippen LogP contribution is 2.19. The van der Waals surface area contributed by atoms with Crippen LogP contribution in [-0.4, -0.2) is 29.7 Å². The highest BCUT2D eigenvalue weighted by molar-refractivity contribution is 9.10. The van der Waals surface area contributed by atoms with Crippen LogP contribution in [0.1, 0.15) is 54.6 Å². The summed E-state index contributed by atoms with van der Waals surface area (Å²) in [6, 6.07) is -0.144. The second-order valence-electron chi connectivity index (χ2n) is 4.48. The molecule has 0 fully saturated rings. The van der Waals surface area contributed by atoms with Crippen molar-refractivity contribution in [2.75, 3.05) is 13.2 Å². The lowest BCUT2D eigenvalue weighted by Crippen LogP contribution is -2.27. The van der Waals surface area contributed by atoms with Crippen molar-refractivity contribution in [3.8, 4) is 0 Å². The normalized spacial score (nSPS) is 10.6. The van der Waals surface area contributed by atoms with Crippen LogP contribution < -0.4 is 5.43 Å². The first-order valence-corrected chi connectivity index (χ1v) is 7.43. The van der Waals surface area contributed by atoms with Gasteiger partial charge in [-0.3, -0.25) is 4.79 Å². The molecule has 0 saturated carbocycles. The van der Waals surface area contributed by atoms with E-state index in [0.717, 1.165) is 0 Å². The van der Waals surface area contributed by atoms with Crippen LogP contribution in [0.3, 0.4) is 0 Å². The third-order valence-electron chi connectivity index (χ3n) is 2.70. The van der Waals surface area contributed by atoms with E-state index in [9.17, 15) is 14.4 Å². The van der Waals surface area contributed by atoms with Gasteiger partial charge in [-0.1, -0.05) is 0 Å². The summed E-state index contributed by atoms with van der Waals surface area (Å²) < 4.78 is 11.3. The molecule has 0 saturated heterocycles. The molecule has 0 bridgehead atoms. The van der Waals surface area contributed by atoms with Gasteiger partial charge in [0.05, 0.1) is 17.7 Å². The number of nitrogens with zero attached hydrogens (tertiary/aromatic N) is 1. The van der Waals surface area contributed by atoms with Crippen LogP contribution in [0.2, 0.25) is 0 Å². The summed E-state index contributed by atoms with van der Waals surface area (Å²) in [6.07, 6.45) is 1.34. The molecule has 1 aromatic heterocycles. The number of carbonyl (C=O) groups excluding carboxylic acids is 2. The molecule has 0 spiro atoms. The highest BCUT2D eigenvalue weighted by Gasteiger charge is 2.25. The number of ether oxygens (including phenoxy) is 2. The molecule has 7 heteroatoms. The van der Waals surface area contributed by atoms with Crippen molar-refractivity contribution < 1.29 is 19.1 Å². The number of carbonyl (C=O) groups is 2. The zero-order valence-electron chi connectivity index (χ0n) is 12.4. The van der Waals surface area contributed by atoms with Gasteiger partial charge < -0.3 is 14.0 Å². The summed E-state index contributed by atoms with van der Waals surface area (Å²) >= 11 is 3.10. The summed E-state index contributed by atoms with van der Waals surface area (Å²) in [5.74, 6) is -1.33. The molecular formula is C14H18BrNO5. The molecule has 116 valence electrons. The van der Waals surface area contributed by atoms with Crippen molar-refractivity contribution in [2.24, 2.45) is 0 Å². The molecule has 0 amide bonds. The maximum Gasteiger partial charge on any atom is 0.356 e.